The van der Waals surface area contributed by atoms with Gasteiger partial charge in [0.15, 0.2) is 0 Å². The summed E-state index contributed by atoms with van der Waals surface area (Å²) in [5.74, 6) is -1.11. The quantitative estimate of drug-likeness (QED) is 0.909. The summed E-state index contributed by atoms with van der Waals surface area (Å²) in [4.78, 5) is 30.4. The molecule has 19 heavy (non-hydrogen) atoms. The van der Waals surface area contributed by atoms with E-state index < -0.39 is 5.97 Å². The van der Waals surface area contributed by atoms with E-state index >= 15 is 0 Å². The fourth-order valence-corrected chi connectivity index (χ4v) is 1.26. The molecule has 2 radical (unpaired) electrons. The Morgan fingerprint density at radius 2 is 1.42 bits per heavy atom. The molecular weight excluding hydrogens is 244 g/mol. The molecule has 0 aliphatic heterocycles. The van der Waals surface area contributed by atoms with Crippen molar-refractivity contribution < 1.29 is 19.5 Å². The molecule has 0 heterocycles. The standard InChI is InChI=1S/C8H5O3.C7H5O/c9-5-6-3-1-2-4-7(6)8(10)11;8-6-7-4-2-1-3-5-7/h1-4H,(H,10,11);1-5H. The van der Waals surface area contributed by atoms with Crippen LogP contribution in [0.1, 0.15) is 21.5 Å². The molecule has 0 fully saturated rings. The van der Waals surface area contributed by atoms with Crippen LogP contribution < -0.4 is 0 Å². The van der Waals surface area contributed by atoms with Crippen molar-refractivity contribution in [1.29, 1.82) is 0 Å². The maximum atomic E-state index is 10.4. The molecule has 4 heteroatoms. The molecular formula is C15H10O4. The van der Waals surface area contributed by atoms with Crippen molar-refractivity contribution in [3.05, 3.63) is 71.3 Å². The second-order valence-electron chi connectivity index (χ2n) is 3.42. The minimum absolute atomic E-state index is 0.0116. The van der Waals surface area contributed by atoms with Crippen LogP contribution in [0.3, 0.4) is 0 Å². The second kappa shape index (κ2) is 7.55. The van der Waals surface area contributed by atoms with Gasteiger partial charge in [0.1, 0.15) is 0 Å². The number of benzene rings is 2. The van der Waals surface area contributed by atoms with Crippen LogP contribution in [-0.4, -0.2) is 23.6 Å². The van der Waals surface area contributed by atoms with Crippen LogP contribution in [0.15, 0.2) is 54.6 Å². The van der Waals surface area contributed by atoms with Crippen molar-refractivity contribution in [3.63, 3.8) is 0 Å². The van der Waals surface area contributed by atoms with E-state index in [0.717, 1.165) is 0 Å². The van der Waals surface area contributed by atoms with Gasteiger partial charge in [-0.3, -0.25) is 9.59 Å². The molecule has 0 spiro atoms. The Kier molecular flexibility index (Phi) is 5.69. The van der Waals surface area contributed by atoms with E-state index in [-0.39, 0.29) is 11.1 Å². The zero-order valence-electron chi connectivity index (χ0n) is 9.87. The Hall–Kier alpha value is -2.75. The van der Waals surface area contributed by atoms with E-state index in [2.05, 4.69) is 0 Å². The topological polar surface area (TPSA) is 71.4 Å². The monoisotopic (exact) mass is 254 g/mol. The van der Waals surface area contributed by atoms with Gasteiger partial charge in [0.05, 0.1) is 5.56 Å². The van der Waals surface area contributed by atoms with Crippen LogP contribution in [0, 0.1) is 0 Å². The maximum Gasteiger partial charge on any atom is 0.336 e. The molecule has 2 aromatic carbocycles. The van der Waals surface area contributed by atoms with Crippen molar-refractivity contribution in [3.8, 4) is 0 Å². The largest absolute Gasteiger partial charge is 0.478 e. The lowest BCUT2D eigenvalue weighted by Crippen LogP contribution is -2.00. The average molecular weight is 254 g/mol. The first-order chi connectivity index (χ1) is 9.19. The summed E-state index contributed by atoms with van der Waals surface area (Å²) in [6.45, 7) is 0. The smallest absolute Gasteiger partial charge is 0.336 e. The predicted octanol–water partition coefficient (Wildman–Crippen LogP) is 1.99. The number of carboxylic acid groups (broad SMARTS) is 1. The van der Waals surface area contributed by atoms with Crippen molar-refractivity contribution in [2.75, 3.05) is 0 Å². The number of carboxylic acids is 1. The van der Waals surface area contributed by atoms with Crippen LogP contribution in [-0.2, 0) is 9.59 Å². The molecule has 0 unspecified atom stereocenters. The first-order valence-corrected chi connectivity index (χ1v) is 5.32. The van der Waals surface area contributed by atoms with Gasteiger partial charge in [-0.05, 0) is 6.07 Å². The highest BCUT2D eigenvalue weighted by Crippen LogP contribution is 2.04. The van der Waals surface area contributed by atoms with Crippen molar-refractivity contribution in [2.24, 2.45) is 0 Å². The lowest BCUT2D eigenvalue weighted by atomic mass is 10.1. The molecule has 0 aromatic heterocycles. The van der Waals surface area contributed by atoms with E-state index in [4.69, 9.17) is 5.11 Å². The average Bonchev–Trinajstić information content (AvgIpc) is 2.48. The predicted molar refractivity (Wildman–Crippen MR) is 69.4 cm³/mol. The summed E-state index contributed by atoms with van der Waals surface area (Å²) in [6.07, 6.45) is 3.32. The molecule has 0 aliphatic carbocycles. The molecule has 1 N–H and O–H groups in total. The Morgan fingerprint density at radius 1 is 0.842 bits per heavy atom. The van der Waals surface area contributed by atoms with Gasteiger partial charge in [0, 0.05) is 11.1 Å². The molecule has 94 valence electrons. The van der Waals surface area contributed by atoms with Crippen LogP contribution in [0.5, 0.6) is 0 Å². The van der Waals surface area contributed by atoms with Crippen molar-refractivity contribution in [2.45, 2.75) is 0 Å². The molecule has 4 nitrogen and oxygen atoms in total. The van der Waals surface area contributed by atoms with Crippen LogP contribution >= 0.6 is 0 Å². The van der Waals surface area contributed by atoms with Crippen LogP contribution in [0.2, 0.25) is 0 Å². The third kappa shape index (κ3) is 4.55. The van der Waals surface area contributed by atoms with E-state index in [1.165, 1.54) is 12.1 Å². The van der Waals surface area contributed by atoms with Gasteiger partial charge in [-0.1, -0.05) is 48.5 Å². The molecule has 0 saturated heterocycles. The van der Waals surface area contributed by atoms with Gasteiger partial charge >= 0.3 is 5.97 Å². The highest BCUT2D eigenvalue weighted by atomic mass is 16.4. The second-order valence-corrected chi connectivity index (χ2v) is 3.42. The Labute approximate surface area is 110 Å². The van der Waals surface area contributed by atoms with Gasteiger partial charge < -0.3 is 5.11 Å². The first kappa shape index (κ1) is 14.3. The molecule has 0 atom stereocenters. The van der Waals surface area contributed by atoms with Gasteiger partial charge in [-0.25, -0.2) is 4.79 Å². The lowest BCUT2D eigenvalue weighted by Gasteiger charge is -1.94. The van der Waals surface area contributed by atoms with Gasteiger partial charge in [0.2, 0.25) is 12.6 Å². The summed E-state index contributed by atoms with van der Waals surface area (Å²) in [5.41, 5.74) is 0.676. The summed E-state index contributed by atoms with van der Waals surface area (Å²) >= 11 is 0. The molecule has 0 bridgehead atoms. The number of hydrogen-bond acceptors (Lipinski definition) is 3. The molecule has 0 aliphatic rings. The number of carbonyl (C=O) groups excluding carboxylic acids is 2. The Balaban J connectivity index is 0.000000200. The zero-order valence-corrected chi connectivity index (χ0v) is 9.87. The number of carbonyl (C=O) groups is 1. The normalized spacial score (nSPS) is 8.84. The first-order valence-electron chi connectivity index (χ1n) is 5.32. The van der Waals surface area contributed by atoms with E-state index in [9.17, 15) is 14.4 Å². The summed E-state index contributed by atoms with van der Waals surface area (Å²) in [7, 11) is 0. The zero-order chi connectivity index (χ0) is 14.1. The number of hydrogen-bond donors (Lipinski definition) is 1. The van der Waals surface area contributed by atoms with Gasteiger partial charge in [0.25, 0.3) is 0 Å². The lowest BCUT2D eigenvalue weighted by molar-refractivity contribution is 0.0696. The third-order valence-electron chi connectivity index (χ3n) is 2.16. The van der Waals surface area contributed by atoms with E-state index in [0.29, 0.717) is 5.56 Å². The van der Waals surface area contributed by atoms with E-state index in [1.54, 1.807) is 49.0 Å². The Morgan fingerprint density at radius 3 is 1.84 bits per heavy atom. The fourth-order valence-electron chi connectivity index (χ4n) is 1.26. The summed E-state index contributed by atoms with van der Waals surface area (Å²) in [5, 5.41) is 8.52. The van der Waals surface area contributed by atoms with Crippen LogP contribution in [0.25, 0.3) is 0 Å². The minimum Gasteiger partial charge on any atom is -0.478 e. The van der Waals surface area contributed by atoms with Crippen molar-refractivity contribution in [1.82, 2.24) is 0 Å². The summed E-state index contributed by atoms with van der Waals surface area (Å²) in [6, 6.07) is 14.8. The number of aromatic carboxylic acids is 1. The molecule has 2 aromatic rings. The highest BCUT2D eigenvalue weighted by molar-refractivity contribution is 5.97. The Bertz CT molecular complexity index is 561. The minimum atomic E-state index is -1.11. The number of rotatable bonds is 3. The fraction of sp³-hybridized carbons (Fsp3) is 0. The third-order valence-corrected chi connectivity index (χ3v) is 2.16. The molecule has 2 rings (SSSR count). The van der Waals surface area contributed by atoms with Crippen molar-refractivity contribution >= 4 is 18.5 Å². The molecule has 0 amide bonds. The van der Waals surface area contributed by atoms with Gasteiger partial charge in [-0.15, -0.1) is 0 Å². The van der Waals surface area contributed by atoms with Gasteiger partial charge in [-0.2, -0.15) is 0 Å². The SMILES string of the molecule is O=[C]c1ccccc1.O=[C]c1ccccc1C(=O)O. The molecule has 0 saturated carbocycles. The van der Waals surface area contributed by atoms with Crippen LogP contribution in [0.4, 0.5) is 0 Å². The maximum absolute atomic E-state index is 10.4. The highest BCUT2D eigenvalue weighted by Gasteiger charge is 2.07. The summed E-state index contributed by atoms with van der Waals surface area (Å²) < 4.78 is 0. The van der Waals surface area contributed by atoms with E-state index in [1.807, 2.05) is 6.07 Å².